The van der Waals surface area contributed by atoms with Gasteiger partial charge in [-0.1, -0.05) is 30.3 Å². The second-order valence-electron chi connectivity index (χ2n) is 7.33. The van der Waals surface area contributed by atoms with Gasteiger partial charge in [0.2, 0.25) is 0 Å². The number of rotatable bonds is 6. The molecular weight excluding hydrogens is 421 g/mol. The lowest BCUT2D eigenvalue weighted by Gasteiger charge is -2.19. The maximum absolute atomic E-state index is 13.9. The molecule has 0 saturated heterocycles. The molecule has 31 heavy (non-hydrogen) atoms. The summed E-state index contributed by atoms with van der Waals surface area (Å²) in [5.74, 6) is -1.03. The molecule has 2 heterocycles. The molecule has 2 aromatic heterocycles. The number of halogens is 1. The quantitative estimate of drug-likeness (QED) is 0.495. The van der Waals surface area contributed by atoms with E-state index in [1.54, 1.807) is 60.4 Å². The van der Waals surface area contributed by atoms with Crippen LogP contribution in [0.1, 0.15) is 33.5 Å². The number of aromatic nitrogens is 2. The summed E-state index contributed by atoms with van der Waals surface area (Å²) in [6.07, 6.45) is 4.38. The van der Waals surface area contributed by atoms with Crippen LogP contribution >= 0.6 is 0 Å². The predicted molar refractivity (Wildman–Crippen MR) is 114 cm³/mol. The second kappa shape index (κ2) is 7.99. The van der Waals surface area contributed by atoms with Gasteiger partial charge in [-0.25, -0.2) is 17.8 Å². The highest BCUT2D eigenvalue weighted by molar-refractivity contribution is 7.89. The maximum atomic E-state index is 13.9. The van der Waals surface area contributed by atoms with Gasteiger partial charge in [-0.2, -0.15) is 0 Å². The van der Waals surface area contributed by atoms with Crippen LogP contribution in [0.5, 0.6) is 0 Å². The van der Waals surface area contributed by atoms with Gasteiger partial charge in [-0.05, 0) is 23.8 Å². The van der Waals surface area contributed by atoms with Gasteiger partial charge in [0.15, 0.2) is 15.6 Å². The van der Waals surface area contributed by atoms with Crippen molar-refractivity contribution in [3.63, 3.8) is 0 Å². The van der Waals surface area contributed by atoms with Crippen LogP contribution in [0, 0.1) is 5.82 Å². The summed E-state index contributed by atoms with van der Waals surface area (Å²) in [5, 5.41) is 3.38. The highest BCUT2D eigenvalue weighted by atomic mass is 32.2. The van der Waals surface area contributed by atoms with Crippen LogP contribution in [0.15, 0.2) is 65.3 Å². The van der Waals surface area contributed by atoms with Crippen LogP contribution in [0.4, 0.5) is 4.39 Å². The average Bonchev–Trinajstić information content (AvgIpc) is 3.29. The van der Waals surface area contributed by atoms with Crippen LogP contribution in [0.2, 0.25) is 0 Å². The Morgan fingerprint density at radius 2 is 2.00 bits per heavy atom. The molecule has 0 saturated carbocycles. The summed E-state index contributed by atoms with van der Waals surface area (Å²) in [6, 6.07) is 11.9. The van der Waals surface area contributed by atoms with E-state index in [1.807, 2.05) is 0 Å². The Bertz CT molecular complexity index is 1370. The molecule has 1 atom stereocenters. The minimum atomic E-state index is -3.44. The monoisotopic (exact) mass is 441 g/mol. The molecule has 0 aliphatic carbocycles. The molecule has 1 amide bonds. The van der Waals surface area contributed by atoms with Crippen molar-refractivity contribution in [2.45, 2.75) is 11.8 Å². The first-order chi connectivity index (χ1) is 14.7. The lowest BCUT2D eigenvalue weighted by molar-refractivity contribution is 0.0914. The fourth-order valence-electron chi connectivity index (χ4n) is 3.52. The Morgan fingerprint density at radius 1 is 1.23 bits per heavy atom. The number of sulfone groups is 1. The van der Waals surface area contributed by atoms with Gasteiger partial charge in [0.25, 0.3) is 5.91 Å². The fourth-order valence-corrected chi connectivity index (χ4v) is 4.33. The normalized spacial score (nSPS) is 12.7. The molecule has 0 bridgehead atoms. The van der Waals surface area contributed by atoms with Gasteiger partial charge in [0.05, 0.1) is 5.75 Å². The van der Waals surface area contributed by atoms with Crippen LogP contribution in [-0.4, -0.2) is 30.1 Å². The number of imidazole rings is 1. The van der Waals surface area contributed by atoms with Crippen LogP contribution in [0.3, 0.4) is 0 Å². The van der Waals surface area contributed by atoms with Crippen molar-refractivity contribution >= 4 is 26.7 Å². The number of hydrogen-bond donors (Lipinski definition) is 1. The molecule has 0 radical (unpaired) electrons. The molecular formula is C22H20FN3O4S. The van der Waals surface area contributed by atoms with Crippen LogP contribution < -0.4 is 5.32 Å². The smallest absolute Gasteiger partial charge is 0.288 e. The zero-order valence-electron chi connectivity index (χ0n) is 16.9. The number of hydrogen-bond acceptors (Lipinski definition) is 5. The molecule has 4 aromatic rings. The number of carbonyl (C=O) groups excluding carboxylic acids is 1. The number of nitrogens with zero attached hydrogens (tertiary/aromatic N) is 2. The fraction of sp³-hybridized carbons (Fsp3) is 0.182. The highest BCUT2D eigenvalue weighted by Crippen LogP contribution is 2.29. The van der Waals surface area contributed by atoms with Crippen molar-refractivity contribution in [1.29, 1.82) is 0 Å². The molecule has 4 rings (SSSR count). The molecule has 0 fully saturated rings. The summed E-state index contributed by atoms with van der Waals surface area (Å²) in [5.41, 5.74) is 1.18. The van der Waals surface area contributed by atoms with Crippen LogP contribution in [0.25, 0.3) is 11.0 Å². The number of nitrogens with one attached hydrogen (secondary N) is 1. The first-order valence-electron chi connectivity index (χ1n) is 9.44. The third kappa shape index (κ3) is 4.36. The van der Waals surface area contributed by atoms with Crippen LogP contribution in [-0.2, 0) is 22.6 Å². The van der Waals surface area contributed by atoms with E-state index in [0.29, 0.717) is 22.4 Å². The van der Waals surface area contributed by atoms with E-state index in [-0.39, 0.29) is 17.1 Å². The number of carbonyl (C=O) groups is 1. The molecule has 1 unspecified atom stereocenters. The van der Waals surface area contributed by atoms with Gasteiger partial charge < -0.3 is 14.3 Å². The molecule has 2 aromatic carbocycles. The highest BCUT2D eigenvalue weighted by Gasteiger charge is 2.27. The second-order valence-corrected chi connectivity index (χ2v) is 9.47. The average molecular weight is 441 g/mol. The number of para-hydroxylation sites is 1. The van der Waals surface area contributed by atoms with Crippen molar-refractivity contribution in [2.75, 3.05) is 6.26 Å². The summed E-state index contributed by atoms with van der Waals surface area (Å²) in [6.45, 7) is 0. The SMILES string of the molecule is Cn1ccnc1C(NC(=O)c1oc2ccccc2c1CS(C)(=O)=O)c1cccc(F)c1. The van der Waals surface area contributed by atoms with Gasteiger partial charge in [0, 0.05) is 36.6 Å². The molecule has 0 spiro atoms. The summed E-state index contributed by atoms with van der Waals surface area (Å²) >= 11 is 0. The largest absolute Gasteiger partial charge is 0.451 e. The zero-order chi connectivity index (χ0) is 22.2. The first kappa shape index (κ1) is 20.8. The minimum Gasteiger partial charge on any atom is -0.451 e. The Balaban J connectivity index is 1.79. The van der Waals surface area contributed by atoms with Crippen molar-refractivity contribution in [1.82, 2.24) is 14.9 Å². The summed E-state index contributed by atoms with van der Waals surface area (Å²) in [4.78, 5) is 17.6. The maximum Gasteiger partial charge on any atom is 0.288 e. The standard InChI is InChI=1S/C22H20FN3O4S/c1-26-11-10-24-21(26)19(14-6-5-7-15(23)12-14)25-22(27)20-17(13-31(2,28)29)16-8-3-4-9-18(16)30-20/h3-12,19H,13H2,1-2H3,(H,25,27). The van der Waals surface area contributed by atoms with Crippen molar-refractivity contribution in [3.8, 4) is 0 Å². The summed E-state index contributed by atoms with van der Waals surface area (Å²) < 4.78 is 45.3. The molecule has 1 N–H and O–H groups in total. The van der Waals surface area contributed by atoms with E-state index in [1.165, 1.54) is 12.1 Å². The van der Waals surface area contributed by atoms with E-state index in [0.717, 1.165) is 6.26 Å². The van der Waals surface area contributed by atoms with E-state index in [9.17, 15) is 17.6 Å². The number of furan rings is 1. The molecule has 0 aliphatic heterocycles. The van der Waals surface area contributed by atoms with Crippen molar-refractivity contribution < 1.29 is 22.0 Å². The number of benzene rings is 2. The van der Waals surface area contributed by atoms with Gasteiger partial charge in [-0.3, -0.25) is 4.79 Å². The molecule has 7 nitrogen and oxygen atoms in total. The van der Waals surface area contributed by atoms with Gasteiger partial charge >= 0.3 is 0 Å². The third-order valence-electron chi connectivity index (χ3n) is 4.89. The molecule has 0 aliphatic rings. The number of aryl methyl sites for hydroxylation is 1. The number of fused-ring (bicyclic) bond motifs is 1. The van der Waals surface area contributed by atoms with E-state index in [2.05, 4.69) is 10.3 Å². The molecule has 160 valence electrons. The molecule has 9 heteroatoms. The van der Waals surface area contributed by atoms with Crippen molar-refractivity contribution in [3.05, 3.63) is 89.5 Å². The van der Waals surface area contributed by atoms with E-state index < -0.39 is 27.6 Å². The third-order valence-corrected chi connectivity index (χ3v) is 5.70. The zero-order valence-corrected chi connectivity index (χ0v) is 17.7. The minimum absolute atomic E-state index is 0.0952. The lowest BCUT2D eigenvalue weighted by atomic mass is 10.1. The van der Waals surface area contributed by atoms with Crippen molar-refractivity contribution in [2.24, 2.45) is 7.05 Å². The summed E-state index contributed by atoms with van der Waals surface area (Å²) in [7, 11) is -1.68. The Morgan fingerprint density at radius 3 is 2.68 bits per heavy atom. The van der Waals surface area contributed by atoms with Gasteiger partial charge in [0.1, 0.15) is 23.3 Å². The first-order valence-corrected chi connectivity index (χ1v) is 11.5. The topological polar surface area (TPSA) is 94.2 Å². The Labute approximate surface area is 178 Å². The Hall–Kier alpha value is -3.46. The predicted octanol–water partition coefficient (Wildman–Crippen LogP) is 3.37. The van der Waals surface area contributed by atoms with E-state index in [4.69, 9.17) is 4.42 Å². The lowest BCUT2D eigenvalue weighted by Crippen LogP contribution is -2.31. The Kier molecular flexibility index (Phi) is 5.36. The van der Waals surface area contributed by atoms with Gasteiger partial charge in [-0.15, -0.1) is 0 Å². The number of amides is 1. The van der Waals surface area contributed by atoms with E-state index >= 15 is 0 Å².